The van der Waals surface area contributed by atoms with E-state index in [1.54, 1.807) is 24.3 Å². The first-order chi connectivity index (χ1) is 11.7. The smallest absolute Gasteiger partial charge is 0.128 e. The van der Waals surface area contributed by atoms with Crippen LogP contribution < -0.4 is 0 Å². The molecule has 0 radical (unpaired) electrons. The van der Waals surface area contributed by atoms with Crippen LogP contribution in [-0.4, -0.2) is 16.5 Å². The molecule has 0 amide bonds. The van der Waals surface area contributed by atoms with Gasteiger partial charge in [-0.05, 0) is 41.0 Å². The lowest BCUT2D eigenvalue weighted by molar-refractivity contribution is -0.109. The van der Waals surface area contributed by atoms with Gasteiger partial charge in [-0.1, -0.05) is 54.6 Å². The van der Waals surface area contributed by atoms with Crippen molar-refractivity contribution in [3.05, 3.63) is 95.6 Å². The lowest BCUT2D eigenvalue weighted by atomic mass is 9.78. The maximum Gasteiger partial charge on any atom is 0.128 e. The molecule has 0 saturated heterocycles. The summed E-state index contributed by atoms with van der Waals surface area (Å²) < 4.78 is 0. The fourth-order valence-corrected chi connectivity index (χ4v) is 3.00. The third-order valence-corrected chi connectivity index (χ3v) is 4.19. The second-order valence-corrected chi connectivity index (χ2v) is 5.73. The highest BCUT2D eigenvalue weighted by atomic mass is 16.3. The molecule has 0 spiro atoms. The third kappa shape index (κ3) is 3.30. The number of phenolic OH excluding ortho intramolecular Hbond substituents is 2. The van der Waals surface area contributed by atoms with Crippen LogP contribution in [0.25, 0.3) is 0 Å². The van der Waals surface area contributed by atoms with Gasteiger partial charge in [-0.15, -0.1) is 0 Å². The van der Waals surface area contributed by atoms with E-state index in [4.69, 9.17) is 0 Å². The van der Waals surface area contributed by atoms with Crippen molar-refractivity contribution >= 4 is 6.29 Å². The molecule has 3 heteroatoms. The van der Waals surface area contributed by atoms with Crippen LogP contribution in [0.4, 0.5) is 0 Å². The zero-order chi connectivity index (χ0) is 16.9. The maximum absolute atomic E-state index is 11.9. The molecule has 3 aromatic rings. The molecule has 1 unspecified atom stereocenters. The molecule has 0 aromatic heterocycles. The fourth-order valence-electron chi connectivity index (χ4n) is 3.00. The SMILES string of the molecule is O=CC(c1ccccc1)C(c1ccc(O)cc1)c1ccc(O)cc1. The van der Waals surface area contributed by atoms with Gasteiger partial charge in [0.2, 0.25) is 0 Å². The van der Waals surface area contributed by atoms with Gasteiger partial charge in [0.05, 0.1) is 5.92 Å². The zero-order valence-electron chi connectivity index (χ0n) is 13.0. The fraction of sp³-hybridized carbons (Fsp3) is 0.0952. The summed E-state index contributed by atoms with van der Waals surface area (Å²) in [5.74, 6) is -0.192. The average Bonchev–Trinajstić information content (AvgIpc) is 2.62. The van der Waals surface area contributed by atoms with Gasteiger partial charge >= 0.3 is 0 Å². The highest BCUT2D eigenvalue weighted by molar-refractivity contribution is 5.66. The molecular weight excluding hydrogens is 300 g/mol. The molecule has 0 aliphatic heterocycles. The van der Waals surface area contributed by atoms with Crippen LogP contribution in [0, 0.1) is 0 Å². The van der Waals surface area contributed by atoms with Gasteiger partial charge in [-0.3, -0.25) is 0 Å². The Hall–Kier alpha value is -3.07. The maximum atomic E-state index is 11.9. The number of rotatable bonds is 5. The van der Waals surface area contributed by atoms with Crippen molar-refractivity contribution in [1.82, 2.24) is 0 Å². The summed E-state index contributed by atoms with van der Waals surface area (Å²) in [5.41, 5.74) is 2.79. The van der Waals surface area contributed by atoms with Gasteiger partial charge < -0.3 is 15.0 Å². The van der Waals surface area contributed by atoms with Crippen LogP contribution >= 0.6 is 0 Å². The van der Waals surface area contributed by atoms with Crippen molar-refractivity contribution in [2.75, 3.05) is 0 Å². The highest BCUT2D eigenvalue weighted by Crippen LogP contribution is 2.38. The van der Waals surface area contributed by atoms with Crippen molar-refractivity contribution in [1.29, 1.82) is 0 Å². The molecule has 3 aromatic carbocycles. The quantitative estimate of drug-likeness (QED) is 0.693. The second kappa shape index (κ2) is 7.01. The molecule has 0 aliphatic rings. The molecule has 120 valence electrons. The van der Waals surface area contributed by atoms with E-state index < -0.39 is 0 Å². The number of hydrogen-bond donors (Lipinski definition) is 2. The van der Waals surface area contributed by atoms with E-state index in [1.165, 1.54) is 0 Å². The van der Waals surface area contributed by atoms with Gasteiger partial charge in [-0.25, -0.2) is 0 Å². The molecule has 24 heavy (non-hydrogen) atoms. The molecule has 0 heterocycles. The monoisotopic (exact) mass is 318 g/mol. The number of phenols is 2. The summed E-state index contributed by atoms with van der Waals surface area (Å²) in [5, 5.41) is 19.1. The largest absolute Gasteiger partial charge is 0.508 e. The Balaban J connectivity index is 2.11. The number of carbonyl (C=O) groups excluding carboxylic acids is 1. The minimum Gasteiger partial charge on any atom is -0.508 e. The van der Waals surface area contributed by atoms with E-state index >= 15 is 0 Å². The number of aromatic hydroxyl groups is 2. The zero-order valence-corrected chi connectivity index (χ0v) is 13.0. The Kier molecular flexibility index (Phi) is 4.62. The lowest BCUT2D eigenvalue weighted by Gasteiger charge is -2.24. The van der Waals surface area contributed by atoms with Crippen molar-refractivity contribution < 1.29 is 15.0 Å². The van der Waals surface area contributed by atoms with Crippen LogP contribution in [0.1, 0.15) is 28.5 Å². The van der Waals surface area contributed by atoms with Crippen molar-refractivity contribution in [2.45, 2.75) is 11.8 Å². The number of carbonyl (C=O) groups is 1. The van der Waals surface area contributed by atoms with Crippen LogP contribution in [0.15, 0.2) is 78.9 Å². The van der Waals surface area contributed by atoms with Gasteiger partial charge in [0.1, 0.15) is 17.8 Å². The van der Waals surface area contributed by atoms with E-state index in [-0.39, 0.29) is 23.3 Å². The van der Waals surface area contributed by atoms with Crippen LogP contribution in [0.3, 0.4) is 0 Å². The molecule has 1 atom stereocenters. The third-order valence-electron chi connectivity index (χ3n) is 4.19. The summed E-state index contributed by atoms with van der Waals surface area (Å²) in [4.78, 5) is 11.9. The van der Waals surface area contributed by atoms with Gasteiger partial charge in [-0.2, -0.15) is 0 Å². The van der Waals surface area contributed by atoms with Crippen molar-refractivity contribution in [2.24, 2.45) is 0 Å². The molecule has 0 bridgehead atoms. The first-order valence-electron chi connectivity index (χ1n) is 7.77. The molecular formula is C21H18O3. The summed E-state index contributed by atoms with van der Waals surface area (Å²) in [6.07, 6.45) is 0.958. The summed E-state index contributed by atoms with van der Waals surface area (Å²) in [6, 6.07) is 23.4. The number of hydrogen-bond acceptors (Lipinski definition) is 3. The van der Waals surface area contributed by atoms with E-state index in [0.29, 0.717) is 0 Å². The molecule has 3 nitrogen and oxygen atoms in total. The Morgan fingerprint density at radius 2 is 1.08 bits per heavy atom. The first kappa shape index (κ1) is 15.8. The number of aldehydes is 1. The van der Waals surface area contributed by atoms with E-state index in [1.807, 2.05) is 54.6 Å². The molecule has 0 fully saturated rings. The highest BCUT2D eigenvalue weighted by Gasteiger charge is 2.26. The summed E-state index contributed by atoms with van der Waals surface area (Å²) >= 11 is 0. The minimum atomic E-state index is -0.361. The minimum absolute atomic E-state index is 0.186. The Labute approximate surface area is 140 Å². The standard InChI is InChI=1S/C21H18O3/c22-14-20(15-4-2-1-3-5-15)21(16-6-10-18(23)11-7-16)17-8-12-19(24)13-9-17/h1-14,20-21,23-24H. The predicted octanol–water partition coefficient (Wildman–Crippen LogP) is 4.21. The second-order valence-electron chi connectivity index (χ2n) is 5.73. The Bertz CT molecular complexity index is 747. The molecule has 2 N–H and O–H groups in total. The van der Waals surface area contributed by atoms with Gasteiger partial charge in [0, 0.05) is 5.92 Å². The van der Waals surface area contributed by atoms with E-state index in [0.717, 1.165) is 23.0 Å². The molecule has 3 rings (SSSR count). The van der Waals surface area contributed by atoms with Gasteiger partial charge in [0.15, 0.2) is 0 Å². The molecule has 0 aliphatic carbocycles. The van der Waals surface area contributed by atoms with Crippen molar-refractivity contribution in [3.63, 3.8) is 0 Å². The lowest BCUT2D eigenvalue weighted by Crippen LogP contribution is -2.14. The Morgan fingerprint density at radius 3 is 1.50 bits per heavy atom. The Morgan fingerprint density at radius 1 is 0.625 bits per heavy atom. The van der Waals surface area contributed by atoms with Crippen LogP contribution in [0.2, 0.25) is 0 Å². The van der Waals surface area contributed by atoms with Gasteiger partial charge in [0.25, 0.3) is 0 Å². The summed E-state index contributed by atoms with van der Waals surface area (Å²) in [6.45, 7) is 0. The normalized spacial score (nSPS) is 12.0. The predicted molar refractivity (Wildman–Crippen MR) is 93.3 cm³/mol. The van der Waals surface area contributed by atoms with E-state index in [2.05, 4.69) is 0 Å². The van der Waals surface area contributed by atoms with Crippen LogP contribution in [0.5, 0.6) is 11.5 Å². The summed E-state index contributed by atoms with van der Waals surface area (Å²) in [7, 11) is 0. The number of benzene rings is 3. The van der Waals surface area contributed by atoms with Crippen LogP contribution in [-0.2, 0) is 4.79 Å². The first-order valence-corrected chi connectivity index (χ1v) is 7.77. The average molecular weight is 318 g/mol. The van der Waals surface area contributed by atoms with Crippen molar-refractivity contribution in [3.8, 4) is 11.5 Å². The van der Waals surface area contributed by atoms with E-state index in [9.17, 15) is 15.0 Å². The molecule has 0 saturated carbocycles. The topological polar surface area (TPSA) is 57.5 Å².